The lowest BCUT2D eigenvalue weighted by molar-refractivity contribution is -0.120. The number of amides is 1. The first-order valence-corrected chi connectivity index (χ1v) is 11.9. The van der Waals surface area contributed by atoms with Crippen LogP contribution in [0, 0.1) is 5.92 Å². The lowest BCUT2D eigenvalue weighted by Gasteiger charge is -2.30. The molecule has 160 valence electrons. The Bertz CT molecular complexity index is 1040. The molecule has 30 heavy (non-hydrogen) atoms. The van der Waals surface area contributed by atoms with Crippen LogP contribution in [0.2, 0.25) is 10.0 Å². The highest BCUT2D eigenvalue weighted by atomic mass is 35.5. The molecule has 0 saturated carbocycles. The average molecular weight is 469 g/mol. The van der Waals surface area contributed by atoms with Crippen LogP contribution < -0.4 is 5.32 Å². The Kier molecular flexibility index (Phi) is 7.18. The number of carbonyl (C=O) groups excluding carboxylic acids is 2. The molecule has 0 unspecified atom stereocenters. The highest BCUT2D eigenvalue weighted by molar-refractivity contribution is 7.88. The van der Waals surface area contributed by atoms with Gasteiger partial charge in [0.1, 0.15) is 0 Å². The maximum absolute atomic E-state index is 12.8. The van der Waals surface area contributed by atoms with E-state index in [4.69, 9.17) is 23.2 Å². The molecule has 0 aromatic heterocycles. The van der Waals surface area contributed by atoms with Crippen molar-refractivity contribution in [2.45, 2.75) is 25.5 Å². The van der Waals surface area contributed by atoms with E-state index in [0.29, 0.717) is 39.7 Å². The molecule has 9 heteroatoms. The normalized spacial score (nSPS) is 15.7. The number of nitrogens with zero attached hydrogens (tertiary/aromatic N) is 1. The molecule has 1 aliphatic rings. The molecule has 2 aromatic carbocycles. The molecule has 1 N–H and O–H groups in total. The molecule has 6 nitrogen and oxygen atoms in total. The largest absolute Gasteiger partial charge is 0.326 e. The average Bonchev–Trinajstić information content (AvgIpc) is 2.71. The summed E-state index contributed by atoms with van der Waals surface area (Å²) in [6.45, 7) is 1.96. The summed E-state index contributed by atoms with van der Waals surface area (Å²) in [6, 6.07) is 11.6. The SMILES string of the molecule is CC(=O)c1cccc(NC(=O)C2CCN(S(=O)(=O)Cc3c(Cl)cccc3Cl)CC2)c1. The standard InChI is InChI=1S/C21H22Cl2N2O4S/c1-14(26)16-4-2-5-17(12-16)24-21(27)15-8-10-25(11-9-15)30(28,29)13-18-19(22)6-3-7-20(18)23/h2-7,12,15H,8-11,13H2,1H3,(H,24,27). The molecular weight excluding hydrogens is 447 g/mol. The fourth-order valence-corrected chi connectivity index (χ4v) is 5.72. The van der Waals surface area contributed by atoms with Gasteiger partial charge >= 0.3 is 0 Å². The van der Waals surface area contributed by atoms with Crippen molar-refractivity contribution in [2.75, 3.05) is 18.4 Å². The van der Waals surface area contributed by atoms with Crippen molar-refractivity contribution in [2.24, 2.45) is 5.92 Å². The van der Waals surface area contributed by atoms with Crippen LogP contribution in [0.4, 0.5) is 5.69 Å². The smallest absolute Gasteiger partial charge is 0.227 e. The molecule has 0 radical (unpaired) electrons. The van der Waals surface area contributed by atoms with Crippen molar-refractivity contribution in [1.29, 1.82) is 0 Å². The predicted molar refractivity (Wildman–Crippen MR) is 118 cm³/mol. The van der Waals surface area contributed by atoms with Gasteiger partial charge in [-0.1, -0.05) is 41.4 Å². The van der Waals surface area contributed by atoms with Crippen LogP contribution in [-0.4, -0.2) is 37.5 Å². The van der Waals surface area contributed by atoms with E-state index < -0.39 is 10.0 Å². The molecule has 0 bridgehead atoms. The molecule has 0 atom stereocenters. The van der Waals surface area contributed by atoms with Crippen LogP contribution in [0.1, 0.15) is 35.7 Å². The first kappa shape index (κ1) is 22.7. The van der Waals surface area contributed by atoms with Gasteiger partial charge in [0, 0.05) is 45.9 Å². The molecule has 2 aromatic rings. The second-order valence-corrected chi connectivity index (χ2v) is 10.0. The van der Waals surface area contributed by atoms with E-state index in [-0.39, 0.29) is 36.5 Å². The number of sulfonamides is 1. The fraction of sp³-hybridized carbons (Fsp3) is 0.333. The summed E-state index contributed by atoms with van der Waals surface area (Å²) < 4.78 is 27.0. The number of piperidine rings is 1. The minimum atomic E-state index is -3.61. The van der Waals surface area contributed by atoms with Gasteiger partial charge in [0.2, 0.25) is 15.9 Å². The van der Waals surface area contributed by atoms with Crippen LogP contribution in [0.5, 0.6) is 0 Å². The summed E-state index contributed by atoms with van der Waals surface area (Å²) in [5.41, 5.74) is 1.45. The van der Waals surface area contributed by atoms with Gasteiger partial charge in [-0.25, -0.2) is 12.7 Å². The van der Waals surface area contributed by atoms with Gasteiger partial charge in [-0.3, -0.25) is 9.59 Å². The van der Waals surface area contributed by atoms with Crippen LogP contribution >= 0.6 is 23.2 Å². The summed E-state index contributed by atoms with van der Waals surface area (Å²) in [5, 5.41) is 3.45. The summed E-state index contributed by atoms with van der Waals surface area (Å²) in [4.78, 5) is 24.1. The highest BCUT2D eigenvalue weighted by Gasteiger charge is 2.32. The van der Waals surface area contributed by atoms with E-state index in [1.54, 1.807) is 42.5 Å². The minimum Gasteiger partial charge on any atom is -0.326 e. The number of rotatable bonds is 6. The lowest BCUT2D eigenvalue weighted by atomic mass is 9.97. The summed E-state index contributed by atoms with van der Waals surface area (Å²) in [6.07, 6.45) is 0.821. The maximum Gasteiger partial charge on any atom is 0.227 e. The summed E-state index contributed by atoms with van der Waals surface area (Å²) in [5.74, 6) is -0.841. The topological polar surface area (TPSA) is 83.6 Å². The number of hydrogen-bond donors (Lipinski definition) is 1. The van der Waals surface area contributed by atoms with Crippen LogP contribution in [0.3, 0.4) is 0 Å². The van der Waals surface area contributed by atoms with Crippen molar-refractivity contribution in [3.8, 4) is 0 Å². The first-order chi connectivity index (χ1) is 14.2. The third-order valence-electron chi connectivity index (χ3n) is 5.14. The lowest BCUT2D eigenvalue weighted by Crippen LogP contribution is -2.42. The number of nitrogens with one attached hydrogen (secondary N) is 1. The van der Waals surface area contributed by atoms with Crippen molar-refractivity contribution in [1.82, 2.24) is 4.31 Å². The Labute approximate surface area is 186 Å². The molecule has 1 fully saturated rings. The number of carbonyl (C=O) groups is 2. The van der Waals surface area contributed by atoms with E-state index in [9.17, 15) is 18.0 Å². The molecule has 0 aliphatic carbocycles. The Morgan fingerprint density at radius 1 is 1.07 bits per heavy atom. The predicted octanol–water partition coefficient (Wildman–Crippen LogP) is 4.38. The number of benzene rings is 2. The monoisotopic (exact) mass is 468 g/mol. The van der Waals surface area contributed by atoms with Gasteiger partial charge < -0.3 is 5.32 Å². The van der Waals surface area contributed by atoms with E-state index in [1.807, 2.05) is 0 Å². The Balaban J connectivity index is 1.60. The maximum atomic E-state index is 12.8. The van der Waals surface area contributed by atoms with E-state index in [1.165, 1.54) is 11.2 Å². The van der Waals surface area contributed by atoms with E-state index in [0.717, 1.165) is 0 Å². The van der Waals surface area contributed by atoms with Crippen molar-refractivity contribution in [3.05, 3.63) is 63.6 Å². The van der Waals surface area contributed by atoms with Crippen LogP contribution in [0.15, 0.2) is 42.5 Å². The molecule has 1 amide bonds. The Morgan fingerprint density at radius 3 is 2.27 bits per heavy atom. The van der Waals surface area contributed by atoms with Gasteiger partial charge in [-0.05, 0) is 44.0 Å². The molecule has 0 spiro atoms. The molecule has 1 saturated heterocycles. The zero-order valence-corrected chi connectivity index (χ0v) is 18.7. The van der Waals surface area contributed by atoms with Gasteiger partial charge in [0.25, 0.3) is 0 Å². The van der Waals surface area contributed by atoms with Crippen molar-refractivity contribution < 1.29 is 18.0 Å². The Hall–Kier alpha value is -1.93. The molecule has 3 rings (SSSR count). The third kappa shape index (κ3) is 5.40. The number of anilines is 1. The third-order valence-corrected chi connectivity index (χ3v) is 7.66. The van der Waals surface area contributed by atoms with Gasteiger partial charge in [0.05, 0.1) is 5.75 Å². The first-order valence-electron chi connectivity index (χ1n) is 9.50. The minimum absolute atomic E-state index is 0.0803. The molecule has 1 heterocycles. The van der Waals surface area contributed by atoms with Gasteiger partial charge in [-0.2, -0.15) is 0 Å². The zero-order valence-electron chi connectivity index (χ0n) is 16.4. The second kappa shape index (κ2) is 9.47. The molecule has 1 aliphatic heterocycles. The van der Waals surface area contributed by atoms with Crippen molar-refractivity contribution in [3.63, 3.8) is 0 Å². The Morgan fingerprint density at radius 2 is 1.67 bits per heavy atom. The van der Waals surface area contributed by atoms with Crippen LogP contribution in [-0.2, 0) is 20.6 Å². The fourth-order valence-electron chi connectivity index (χ4n) is 3.40. The number of Topliss-reactive ketones (excluding diaryl/α,β-unsaturated/α-hetero) is 1. The summed E-state index contributed by atoms with van der Waals surface area (Å²) in [7, 11) is -3.61. The van der Waals surface area contributed by atoms with Gasteiger partial charge in [-0.15, -0.1) is 0 Å². The highest BCUT2D eigenvalue weighted by Crippen LogP contribution is 2.29. The van der Waals surface area contributed by atoms with Crippen LogP contribution in [0.25, 0.3) is 0 Å². The van der Waals surface area contributed by atoms with E-state index in [2.05, 4.69) is 5.32 Å². The number of hydrogen-bond acceptors (Lipinski definition) is 4. The number of ketones is 1. The quantitative estimate of drug-likeness (QED) is 0.637. The molecular formula is C21H22Cl2N2O4S. The summed E-state index contributed by atoms with van der Waals surface area (Å²) >= 11 is 12.2. The van der Waals surface area contributed by atoms with E-state index >= 15 is 0 Å². The van der Waals surface area contributed by atoms with Gasteiger partial charge in [0.15, 0.2) is 5.78 Å². The number of halogens is 2. The zero-order chi connectivity index (χ0) is 21.9. The second-order valence-electron chi connectivity index (χ2n) is 7.26. The van der Waals surface area contributed by atoms with Crippen molar-refractivity contribution >= 4 is 50.6 Å².